The lowest BCUT2D eigenvalue weighted by atomic mass is 10.2. The summed E-state index contributed by atoms with van der Waals surface area (Å²) in [5, 5.41) is 1.02. The maximum atomic E-state index is 12.1. The fourth-order valence-corrected chi connectivity index (χ4v) is 3.78. The summed E-state index contributed by atoms with van der Waals surface area (Å²) in [4.78, 5) is 20.8. The molecule has 3 rings (SSSR count). The molecule has 1 fully saturated rings. The van der Waals surface area contributed by atoms with E-state index in [9.17, 15) is 4.79 Å². The number of benzene rings is 1. The van der Waals surface area contributed by atoms with Crippen molar-refractivity contribution in [3.63, 3.8) is 0 Å². The Hall–Kier alpha value is -1.34. The second-order valence-electron chi connectivity index (χ2n) is 6.56. The molecule has 1 aromatic carbocycles. The molecule has 0 aliphatic carbocycles. The molecule has 124 valence electrons. The minimum Gasteiger partial charge on any atom is -0.444 e. The number of halogens is 1. The highest BCUT2D eigenvalue weighted by atomic mass is 79.9. The highest BCUT2D eigenvalue weighted by molar-refractivity contribution is 9.10. The first-order valence-corrected chi connectivity index (χ1v) is 9.22. The molecule has 0 radical (unpaired) electrons. The van der Waals surface area contributed by atoms with Crippen molar-refractivity contribution in [3.05, 3.63) is 22.7 Å². The molecule has 1 aromatic heterocycles. The number of thiazole rings is 1. The van der Waals surface area contributed by atoms with Crippen LogP contribution in [-0.2, 0) is 4.74 Å². The minimum atomic E-state index is -0.450. The topological polar surface area (TPSA) is 45.7 Å². The van der Waals surface area contributed by atoms with Gasteiger partial charge in [-0.3, -0.25) is 0 Å². The molecule has 2 heterocycles. The third-order valence-corrected chi connectivity index (χ3v) is 5.13. The maximum absolute atomic E-state index is 12.1. The van der Waals surface area contributed by atoms with Crippen LogP contribution in [0.1, 0.15) is 20.8 Å². The van der Waals surface area contributed by atoms with Crippen molar-refractivity contribution < 1.29 is 9.53 Å². The SMILES string of the molecule is CC(C)(C)OC(=O)N1CCN(c2nc3cc(Br)ccc3s2)CC1. The van der Waals surface area contributed by atoms with Crippen LogP contribution in [0.4, 0.5) is 9.93 Å². The number of carbonyl (C=O) groups is 1. The third-order valence-electron chi connectivity index (χ3n) is 3.54. The van der Waals surface area contributed by atoms with E-state index >= 15 is 0 Å². The van der Waals surface area contributed by atoms with Gasteiger partial charge in [0.1, 0.15) is 5.60 Å². The van der Waals surface area contributed by atoms with Gasteiger partial charge in [0.25, 0.3) is 0 Å². The van der Waals surface area contributed by atoms with E-state index in [0.29, 0.717) is 13.1 Å². The number of aromatic nitrogens is 1. The van der Waals surface area contributed by atoms with E-state index in [1.165, 1.54) is 4.70 Å². The molecule has 0 unspecified atom stereocenters. The molecule has 5 nitrogen and oxygen atoms in total. The van der Waals surface area contributed by atoms with Crippen molar-refractivity contribution in [2.45, 2.75) is 26.4 Å². The average Bonchev–Trinajstić information content (AvgIpc) is 2.88. The number of ether oxygens (including phenoxy) is 1. The number of amides is 1. The molecular formula is C16H20BrN3O2S. The first-order chi connectivity index (χ1) is 10.8. The number of rotatable bonds is 1. The van der Waals surface area contributed by atoms with Crippen molar-refractivity contribution >= 4 is 48.7 Å². The first-order valence-electron chi connectivity index (χ1n) is 7.61. The van der Waals surface area contributed by atoms with Crippen LogP contribution in [0.15, 0.2) is 22.7 Å². The van der Waals surface area contributed by atoms with E-state index in [4.69, 9.17) is 9.72 Å². The van der Waals surface area contributed by atoms with Gasteiger partial charge in [-0.2, -0.15) is 0 Å². The lowest BCUT2D eigenvalue weighted by molar-refractivity contribution is 0.0240. The summed E-state index contributed by atoms with van der Waals surface area (Å²) in [6.07, 6.45) is -0.231. The van der Waals surface area contributed by atoms with Crippen molar-refractivity contribution in [1.29, 1.82) is 0 Å². The van der Waals surface area contributed by atoms with Gasteiger partial charge in [0.05, 0.1) is 10.2 Å². The number of piperazine rings is 1. The summed E-state index contributed by atoms with van der Waals surface area (Å²) in [6.45, 7) is 8.55. The summed E-state index contributed by atoms with van der Waals surface area (Å²) in [7, 11) is 0. The second kappa shape index (κ2) is 6.28. The van der Waals surface area contributed by atoms with Crippen LogP contribution < -0.4 is 4.90 Å². The van der Waals surface area contributed by atoms with E-state index < -0.39 is 5.60 Å². The molecule has 1 amide bonds. The third kappa shape index (κ3) is 3.95. The van der Waals surface area contributed by atoms with Gasteiger partial charge in [0.2, 0.25) is 0 Å². The molecule has 0 N–H and O–H groups in total. The van der Waals surface area contributed by atoms with Crippen molar-refractivity contribution in [2.24, 2.45) is 0 Å². The second-order valence-corrected chi connectivity index (χ2v) is 8.49. The van der Waals surface area contributed by atoms with Crippen molar-refractivity contribution in [3.8, 4) is 0 Å². The van der Waals surface area contributed by atoms with Gasteiger partial charge < -0.3 is 14.5 Å². The summed E-state index contributed by atoms with van der Waals surface area (Å²) < 4.78 is 7.65. The Balaban J connectivity index is 1.65. The van der Waals surface area contributed by atoms with Crippen LogP contribution >= 0.6 is 27.3 Å². The molecule has 7 heteroatoms. The normalized spacial score (nSPS) is 16.0. The van der Waals surface area contributed by atoms with Gasteiger partial charge in [-0.1, -0.05) is 27.3 Å². The highest BCUT2D eigenvalue weighted by Gasteiger charge is 2.26. The van der Waals surface area contributed by atoms with E-state index in [1.54, 1.807) is 16.2 Å². The maximum Gasteiger partial charge on any atom is 0.410 e. The Bertz CT molecular complexity index is 718. The number of nitrogens with zero attached hydrogens (tertiary/aromatic N) is 3. The van der Waals surface area contributed by atoms with Gasteiger partial charge in [0.15, 0.2) is 5.13 Å². The molecule has 2 aromatic rings. The van der Waals surface area contributed by atoms with E-state index in [1.807, 2.05) is 32.9 Å². The Labute approximate surface area is 148 Å². The number of fused-ring (bicyclic) bond motifs is 1. The number of carbonyl (C=O) groups excluding carboxylic acids is 1. The van der Waals surface area contributed by atoms with Gasteiger partial charge >= 0.3 is 6.09 Å². The number of anilines is 1. The molecule has 0 spiro atoms. The molecule has 1 saturated heterocycles. The van der Waals surface area contributed by atoms with Crippen LogP contribution in [0.5, 0.6) is 0 Å². The molecule has 1 aliphatic heterocycles. The zero-order chi connectivity index (χ0) is 16.6. The summed E-state index contributed by atoms with van der Waals surface area (Å²) in [6, 6.07) is 6.15. The van der Waals surface area contributed by atoms with Crippen molar-refractivity contribution in [1.82, 2.24) is 9.88 Å². The standard InChI is InChI=1S/C16H20BrN3O2S/c1-16(2,3)22-15(21)20-8-6-19(7-9-20)14-18-12-10-11(17)4-5-13(12)23-14/h4-5,10H,6-9H2,1-3H3. The van der Waals surface area contributed by atoms with Crippen LogP contribution in [0.2, 0.25) is 0 Å². The van der Waals surface area contributed by atoms with Gasteiger partial charge in [-0.05, 0) is 39.0 Å². The van der Waals surface area contributed by atoms with E-state index in [0.717, 1.165) is 28.2 Å². The van der Waals surface area contributed by atoms with Gasteiger partial charge in [-0.15, -0.1) is 0 Å². The van der Waals surface area contributed by atoms with Crippen LogP contribution in [0.3, 0.4) is 0 Å². The Kier molecular flexibility index (Phi) is 4.51. The lowest BCUT2D eigenvalue weighted by Crippen LogP contribution is -2.50. The predicted molar refractivity (Wildman–Crippen MR) is 97.3 cm³/mol. The zero-order valence-corrected chi connectivity index (χ0v) is 15.9. The summed E-state index contributed by atoms with van der Waals surface area (Å²) >= 11 is 5.17. The molecule has 0 saturated carbocycles. The fourth-order valence-electron chi connectivity index (χ4n) is 2.43. The van der Waals surface area contributed by atoms with Crippen LogP contribution in [0.25, 0.3) is 10.2 Å². The quantitative estimate of drug-likeness (QED) is 0.725. The molecular weight excluding hydrogens is 378 g/mol. The van der Waals surface area contributed by atoms with Crippen molar-refractivity contribution in [2.75, 3.05) is 31.1 Å². The first kappa shape index (κ1) is 16.5. The van der Waals surface area contributed by atoms with Crippen LogP contribution in [0, 0.1) is 0 Å². The summed E-state index contributed by atoms with van der Waals surface area (Å²) in [5.74, 6) is 0. The smallest absolute Gasteiger partial charge is 0.410 e. The largest absolute Gasteiger partial charge is 0.444 e. The average molecular weight is 398 g/mol. The van der Waals surface area contributed by atoms with Crippen LogP contribution in [-0.4, -0.2) is 47.8 Å². The highest BCUT2D eigenvalue weighted by Crippen LogP contribution is 2.31. The number of hydrogen-bond donors (Lipinski definition) is 0. The lowest BCUT2D eigenvalue weighted by Gasteiger charge is -2.35. The number of hydrogen-bond acceptors (Lipinski definition) is 5. The molecule has 0 bridgehead atoms. The zero-order valence-electron chi connectivity index (χ0n) is 13.5. The van der Waals surface area contributed by atoms with Gasteiger partial charge in [0, 0.05) is 30.7 Å². The predicted octanol–water partition coefficient (Wildman–Crippen LogP) is 4.12. The van der Waals surface area contributed by atoms with E-state index in [2.05, 4.69) is 26.9 Å². The Morgan fingerprint density at radius 1 is 1.26 bits per heavy atom. The monoisotopic (exact) mass is 397 g/mol. The fraction of sp³-hybridized carbons (Fsp3) is 0.500. The van der Waals surface area contributed by atoms with Gasteiger partial charge in [-0.25, -0.2) is 9.78 Å². The molecule has 1 aliphatic rings. The molecule has 23 heavy (non-hydrogen) atoms. The summed E-state index contributed by atoms with van der Waals surface area (Å²) in [5.41, 5.74) is 0.559. The Morgan fingerprint density at radius 3 is 2.61 bits per heavy atom. The minimum absolute atomic E-state index is 0.231. The molecule has 0 atom stereocenters. The van der Waals surface area contributed by atoms with E-state index in [-0.39, 0.29) is 6.09 Å². The Morgan fingerprint density at radius 2 is 1.96 bits per heavy atom.